The third kappa shape index (κ3) is 4.11. The molecule has 0 aliphatic carbocycles. The van der Waals surface area contributed by atoms with E-state index in [1.165, 1.54) is 22.5 Å². The van der Waals surface area contributed by atoms with Gasteiger partial charge in [0.25, 0.3) is 10.0 Å². The zero-order chi connectivity index (χ0) is 22.9. The van der Waals surface area contributed by atoms with Crippen LogP contribution >= 0.6 is 11.6 Å². The van der Waals surface area contributed by atoms with Crippen LogP contribution in [-0.4, -0.2) is 26.0 Å². The molecule has 0 radical (unpaired) electrons. The molecule has 0 saturated heterocycles. The van der Waals surface area contributed by atoms with Crippen LogP contribution in [-0.2, 0) is 16.4 Å². The zero-order valence-electron chi connectivity index (χ0n) is 16.7. The summed E-state index contributed by atoms with van der Waals surface area (Å²) in [5.41, 5.74) is 2.77. The van der Waals surface area contributed by atoms with E-state index in [0.717, 1.165) is 5.56 Å². The van der Waals surface area contributed by atoms with E-state index in [4.69, 9.17) is 16.9 Å². The summed E-state index contributed by atoms with van der Waals surface area (Å²) in [6.07, 6.45) is 3.82. The first kappa shape index (κ1) is 21.6. The molecule has 6 nitrogen and oxygen atoms in total. The van der Waals surface area contributed by atoms with Crippen LogP contribution in [0.5, 0.6) is 0 Å². The molecule has 0 atom stereocenters. The molecule has 1 aliphatic rings. The second-order valence-corrected chi connectivity index (χ2v) is 9.52. The molecule has 160 valence electrons. The number of sulfonamides is 1. The van der Waals surface area contributed by atoms with Crippen molar-refractivity contribution in [3.63, 3.8) is 0 Å². The normalized spacial score (nSPS) is 13.2. The van der Waals surface area contributed by atoms with Crippen LogP contribution in [0.15, 0.2) is 65.6 Å². The number of nitriles is 1. The SMILES string of the molecule is N#Cc1ccc(C=Cc2cccc(S(=O)(=O)N3CCc4cc(Cl)ccc43)c2)c(C(=O)O)c1. The number of carboxylic acids is 1. The van der Waals surface area contributed by atoms with Gasteiger partial charge in [-0.05, 0) is 65.6 Å². The van der Waals surface area contributed by atoms with Crippen LogP contribution < -0.4 is 4.31 Å². The number of halogens is 1. The molecule has 0 spiro atoms. The molecule has 4 rings (SSSR count). The molecule has 0 fully saturated rings. The van der Waals surface area contributed by atoms with Crippen molar-refractivity contribution >= 4 is 45.4 Å². The van der Waals surface area contributed by atoms with Crippen molar-refractivity contribution in [2.45, 2.75) is 11.3 Å². The lowest BCUT2D eigenvalue weighted by molar-refractivity contribution is 0.0696. The van der Waals surface area contributed by atoms with E-state index in [0.29, 0.717) is 34.8 Å². The average molecular weight is 465 g/mol. The summed E-state index contributed by atoms with van der Waals surface area (Å²) in [5.74, 6) is -1.15. The van der Waals surface area contributed by atoms with Crippen LogP contribution in [0.1, 0.15) is 32.6 Å². The molecule has 0 bridgehead atoms. The first-order chi connectivity index (χ1) is 15.3. The van der Waals surface area contributed by atoms with Crippen molar-refractivity contribution in [1.82, 2.24) is 0 Å². The Hall–Kier alpha value is -3.60. The Morgan fingerprint density at radius 3 is 2.66 bits per heavy atom. The molecule has 1 heterocycles. The molecule has 0 saturated carbocycles. The number of carbonyl (C=O) groups is 1. The summed E-state index contributed by atoms with van der Waals surface area (Å²) in [7, 11) is -3.77. The zero-order valence-corrected chi connectivity index (χ0v) is 18.3. The van der Waals surface area contributed by atoms with Gasteiger partial charge >= 0.3 is 5.97 Å². The third-order valence-electron chi connectivity index (χ3n) is 5.21. The maximum atomic E-state index is 13.3. The van der Waals surface area contributed by atoms with Gasteiger partial charge in [-0.2, -0.15) is 5.26 Å². The molecule has 0 unspecified atom stereocenters. The molecule has 1 N–H and O–H groups in total. The molecular weight excluding hydrogens is 448 g/mol. The second kappa shape index (κ2) is 8.50. The van der Waals surface area contributed by atoms with E-state index < -0.39 is 16.0 Å². The van der Waals surface area contributed by atoms with Crippen molar-refractivity contribution < 1.29 is 18.3 Å². The number of hydrogen-bond acceptors (Lipinski definition) is 4. The first-order valence-corrected chi connectivity index (χ1v) is 11.5. The van der Waals surface area contributed by atoms with Crippen LogP contribution in [0.4, 0.5) is 5.69 Å². The fourth-order valence-electron chi connectivity index (χ4n) is 3.64. The number of anilines is 1. The van der Waals surface area contributed by atoms with E-state index in [1.807, 2.05) is 6.07 Å². The van der Waals surface area contributed by atoms with Gasteiger partial charge in [0.2, 0.25) is 0 Å². The van der Waals surface area contributed by atoms with E-state index in [1.54, 1.807) is 54.6 Å². The Morgan fingerprint density at radius 1 is 1.09 bits per heavy atom. The fraction of sp³-hybridized carbons (Fsp3) is 0.0833. The standard InChI is InChI=1S/C24H17ClN2O4S/c25-20-8-9-23-19(14-20)10-11-27(23)32(30,31)21-3-1-2-16(12-21)4-6-18-7-5-17(15-26)13-22(18)24(28)29/h1-9,12-14H,10-11H2,(H,28,29). The predicted octanol–water partition coefficient (Wildman–Crippen LogP) is 4.83. The number of fused-ring (bicyclic) bond motifs is 1. The molecule has 8 heteroatoms. The van der Waals surface area contributed by atoms with Crippen molar-refractivity contribution in [3.05, 3.63) is 93.5 Å². The number of benzene rings is 3. The molecule has 32 heavy (non-hydrogen) atoms. The largest absolute Gasteiger partial charge is 0.478 e. The number of rotatable bonds is 5. The lowest BCUT2D eigenvalue weighted by Gasteiger charge is -2.20. The maximum absolute atomic E-state index is 13.3. The minimum Gasteiger partial charge on any atom is -0.478 e. The summed E-state index contributed by atoms with van der Waals surface area (Å²) in [6.45, 7) is 0.339. The van der Waals surface area contributed by atoms with Gasteiger partial charge in [-0.25, -0.2) is 13.2 Å². The highest BCUT2D eigenvalue weighted by atomic mass is 35.5. The Labute approximate surface area is 190 Å². The summed E-state index contributed by atoms with van der Waals surface area (Å²) < 4.78 is 27.9. The molecule has 3 aromatic carbocycles. The number of carboxylic acid groups (broad SMARTS) is 1. The van der Waals surface area contributed by atoms with Crippen molar-refractivity contribution in [1.29, 1.82) is 5.26 Å². The van der Waals surface area contributed by atoms with Gasteiger partial charge in [-0.1, -0.05) is 42.0 Å². The molecule has 3 aromatic rings. The summed E-state index contributed by atoms with van der Waals surface area (Å²) in [4.78, 5) is 11.7. The first-order valence-electron chi connectivity index (χ1n) is 9.66. The number of aromatic carboxylic acids is 1. The Morgan fingerprint density at radius 2 is 1.91 bits per heavy atom. The van der Waals surface area contributed by atoms with E-state index in [-0.39, 0.29) is 16.0 Å². The monoisotopic (exact) mass is 464 g/mol. The highest BCUT2D eigenvalue weighted by molar-refractivity contribution is 7.92. The van der Waals surface area contributed by atoms with Crippen LogP contribution in [0.25, 0.3) is 12.2 Å². The van der Waals surface area contributed by atoms with Crippen LogP contribution in [0, 0.1) is 11.3 Å². The van der Waals surface area contributed by atoms with E-state index >= 15 is 0 Å². The van der Waals surface area contributed by atoms with E-state index in [9.17, 15) is 18.3 Å². The Balaban J connectivity index is 1.66. The lowest BCUT2D eigenvalue weighted by atomic mass is 10.0. The Bertz CT molecular complexity index is 1410. The van der Waals surface area contributed by atoms with Crippen molar-refractivity contribution in [3.8, 4) is 6.07 Å². The van der Waals surface area contributed by atoms with Gasteiger partial charge in [0.1, 0.15) is 0 Å². The number of nitrogens with zero attached hydrogens (tertiary/aromatic N) is 2. The second-order valence-electron chi connectivity index (χ2n) is 7.23. The fourth-order valence-corrected chi connectivity index (χ4v) is 5.39. The maximum Gasteiger partial charge on any atom is 0.336 e. The minimum atomic E-state index is -3.77. The van der Waals surface area contributed by atoms with E-state index in [2.05, 4.69) is 0 Å². The summed E-state index contributed by atoms with van der Waals surface area (Å²) >= 11 is 6.03. The molecule has 0 amide bonds. The predicted molar refractivity (Wildman–Crippen MR) is 123 cm³/mol. The van der Waals surface area contributed by atoms with Gasteiger partial charge in [-0.15, -0.1) is 0 Å². The third-order valence-corrected chi connectivity index (χ3v) is 7.25. The average Bonchev–Trinajstić information content (AvgIpc) is 3.21. The van der Waals surface area contributed by atoms with Gasteiger partial charge < -0.3 is 5.11 Å². The summed E-state index contributed by atoms with van der Waals surface area (Å²) in [5, 5.41) is 19.0. The quantitative estimate of drug-likeness (QED) is 0.545. The number of hydrogen-bond donors (Lipinski definition) is 1. The van der Waals surface area contributed by atoms with Crippen LogP contribution in [0.2, 0.25) is 5.02 Å². The highest BCUT2D eigenvalue weighted by Crippen LogP contribution is 2.34. The van der Waals surface area contributed by atoms with Gasteiger partial charge in [0.05, 0.1) is 27.8 Å². The van der Waals surface area contributed by atoms with Gasteiger partial charge in [-0.3, -0.25) is 4.31 Å². The smallest absolute Gasteiger partial charge is 0.336 e. The molecular formula is C24H17ClN2O4S. The topological polar surface area (TPSA) is 98.5 Å². The minimum absolute atomic E-state index is 0.00332. The van der Waals surface area contributed by atoms with Crippen LogP contribution in [0.3, 0.4) is 0 Å². The Kier molecular flexibility index (Phi) is 5.74. The highest BCUT2D eigenvalue weighted by Gasteiger charge is 2.30. The lowest BCUT2D eigenvalue weighted by Crippen LogP contribution is -2.29. The molecule has 1 aliphatic heterocycles. The van der Waals surface area contributed by atoms with Gasteiger partial charge in [0.15, 0.2) is 0 Å². The summed E-state index contributed by atoms with van der Waals surface area (Å²) in [6, 6.07) is 17.9. The van der Waals surface area contributed by atoms with Gasteiger partial charge in [0, 0.05) is 11.6 Å². The molecule has 0 aromatic heterocycles. The van der Waals surface area contributed by atoms with Crippen molar-refractivity contribution in [2.75, 3.05) is 10.8 Å². The van der Waals surface area contributed by atoms with Crippen molar-refractivity contribution in [2.24, 2.45) is 0 Å².